The first-order valence-corrected chi connectivity index (χ1v) is 8.64. The maximum Gasteiger partial charge on any atom is 0.278 e. The number of amides is 1. The minimum absolute atomic E-state index is 0.0185. The normalized spacial score (nSPS) is 16.8. The molecule has 26 heavy (non-hydrogen) atoms. The third-order valence-electron chi connectivity index (χ3n) is 4.19. The van der Waals surface area contributed by atoms with Gasteiger partial charge >= 0.3 is 0 Å². The van der Waals surface area contributed by atoms with Crippen LogP contribution in [0.4, 0.5) is 0 Å². The summed E-state index contributed by atoms with van der Waals surface area (Å²) in [6.07, 6.45) is 4.67. The Kier molecular flexibility index (Phi) is 5.88. The van der Waals surface area contributed by atoms with Gasteiger partial charge in [0.2, 0.25) is 0 Å². The van der Waals surface area contributed by atoms with Crippen LogP contribution in [0.1, 0.15) is 18.4 Å². The van der Waals surface area contributed by atoms with Gasteiger partial charge in [-0.1, -0.05) is 12.1 Å². The van der Waals surface area contributed by atoms with Gasteiger partial charge in [0.1, 0.15) is 11.9 Å². The largest absolute Gasteiger partial charge is 0.484 e. The average molecular weight is 357 g/mol. The van der Waals surface area contributed by atoms with E-state index in [-0.39, 0.29) is 18.6 Å². The highest BCUT2D eigenvalue weighted by atomic mass is 16.5. The van der Waals surface area contributed by atoms with Crippen molar-refractivity contribution in [2.24, 2.45) is 0 Å². The summed E-state index contributed by atoms with van der Waals surface area (Å²) in [7, 11) is 1.52. The molecule has 0 N–H and O–H groups in total. The van der Waals surface area contributed by atoms with E-state index < -0.39 is 0 Å². The zero-order valence-electron chi connectivity index (χ0n) is 15.1. The molecule has 1 aromatic heterocycles. The zero-order chi connectivity index (χ0) is 18.4. The molecule has 0 spiro atoms. The van der Waals surface area contributed by atoms with Gasteiger partial charge in [0, 0.05) is 18.9 Å². The number of rotatable bonds is 6. The van der Waals surface area contributed by atoms with Crippen LogP contribution in [0.5, 0.6) is 17.5 Å². The molecule has 138 valence electrons. The average Bonchev–Trinajstić information content (AvgIpc) is 2.67. The molecule has 1 atom stereocenters. The maximum absolute atomic E-state index is 12.5. The molecule has 7 heteroatoms. The quantitative estimate of drug-likeness (QED) is 0.789. The summed E-state index contributed by atoms with van der Waals surface area (Å²) in [5, 5.41) is 0. The van der Waals surface area contributed by atoms with E-state index in [1.807, 2.05) is 31.2 Å². The molecule has 0 aliphatic carbocycles. The molecule has 0 radical (unpaired) electrons. The molecule has 1 saturated heterocycles. The Morgan fingerprint density at radius 3 is 2.85 bits per heavy atom. The van der Waals surface area contributed by atoms with E-state index in [0.717, 1.165) is 18.4 Å². The van der Waals surface area contributed by atoms with Crippen LogP contribution in [-0.2, 0) is 4.79 Å². The minimum Gasteiger partial charge on any atom is -0.484 e. The summed E-state index contributed by atoms with van der Waals surface area (Å²) in [4.78, 5) is 22.5. The van der Waals surface area contributed by atoms with Crippen molar-refractivity contribution < 1.29 is 19.0 Å². The molecule has 7 nitrogen and oxygen atoms in total. The van der Waals surface area contributed by atoms with Gasteiger partial charge in [0.05, 0.1) is 13.7 Å². The molecular weight excluding hydrogens is 334 g/mol. The summed E-state index contributed by atoms with van der Waals surface area (Å²) in [6, 6.07) is 7.66. The van der Waals surface area contributed by atoms with Crippen molar-refractivity contribution in [3.63, 3.8) is 0 Å². The van der Waals surface area contributed by atoms with Gasteiger partial charge in [-0.15, -0.1) is 0 Å². The first-order valence-electron chi connectivity index (χ1n) is 8.64. The van der Waals surface area contributed by atoms with Gasteiger partial charge in [0.15, 0.2) is 6.61 Å². The van der Waals surface area contributed by atoms with Crippen molar-refractivity contribution in [1.29, 1.82) is 0 Å². The van der Waals surface area contributed by atoms with Crippen LogP contribution in [0.25, 0.3) is 0 Å². The fourth-order valence-electron chi connectivity index (χ4n) is 2.89. The number of likely N-dealkylation sites (tertiary alicyclic amines) is 1. The number of ether oxygens (including phenoxy) is 3. The van der Waals surface area contributed by atoms with Crippen LogP contribution >= 0.6 is 0 Å². The van der Waals surface area contributed by atoms with Crippen LogP contribution in [-0.4, -0.2) is 53.7 Å². The Labute approximate surface area is 152 Å². The van der Waals surface area contributed by atoms with E-state index in [1.54, 1.807) is 17.3 Å². The lowest BCUT2D eigenvalue weighted by Crippen LogP contribution is -2.46. The molecule has 2 heterocycles. The van der Waals surface area contributed by atoms with E-state index in [9.17, 15) is 4.79 Å². The molecule has 3 rings (SSSR count). The number of aromatic nitrogens is 2. The highest BCUT2D eigenvalue weighted by Gasteiger charge is 2.26. The number of piperidine rings is 1. The number of carbonyl (C=O) groups excluding carboxylic acids is 1. The number of carbonyl (C=O) groups is 1. The van der Waals surface area contributed by atoms with Crippen molar-refractivity contribution in [2.75, 3.05) is 26.8 Å². The molecule has 2 aromatic rings. The lowest BCUT2D eigenvalue weighted by Gasteiger charge is -2.32. The molecular formula is C19H23N3O4. The van der Waals surface area contributed by atoms with Crippen molar-refractivity contribution in [3.05, 3.63) is 42.2 Å². The highest BCUT2D eigenvalue weighted by Crippen LogP contribution is 2.24. The third-order valence-corrected chi connectivity index (χ3v) is 4.19. The number of nitrogens with zero attached hydrogens (tertiary/aromatic N) is 3. The highest BCUT2D eigenvalue weighted by molar-refractivity contribution is 5.77. The lowest BCUT2D eigenvalue weighted by atomic mass is 10.1. The maximum atomic E-state index is 12.5. The molecule has 1 amide bonds. The van der Waals surface area contributed by atoms with Gasteiger partial charge in [-0.25, -0.2) is 9.97 Å². The van der Waals surface area contributed by atoms with Crippen LogP contribution in [0.3, 0.4) is 0 Å². The predicted molar refractivity (Wildman–Crippen MR) is 95.5 cm³/mol. The van der Waals surface area contributed by atoms with E-state index in [1.165, 1.54) is 7.11 Å². The Morgan fingerprint density at radius 1 is 1.27 bits per heavy atom. The monoisotopic (exact) mass is 357 g/mol. The zero-order valence-corrected chi connectivity index (χ0v) is 15.1. The van der Waals surface area contributed by atoms with Gasteiger partial charge in [-0.3, -0.25) is 4.79 Å². The minimum atomic E-state index is -0.141. The second-order valence-electron chi connectivity index (χ2n) is 6.20. The predicted octanol–water partition coefficient (Wildman–Crippen LogP) is 2.24. The third kappa shape index (κ3) is 4.62. The van der Waals surface area contributed by atoms with Crippen molar-refractivity contribution in [2.45, 2.75) is 25.9 Å². The Balaban J connectivity index is 1.55. The topological polar surface area (TPSA) is 73.8 Å². The Hall–Kier alpha value is -2.83. The van der Waals surface area contributed by atoms with E-state index >= 15 is 0 Å². The SMILES string of the molecule is COc1nccnc1OC1CCCN(C(=O)COc2cccc(C)c2)C1. The van der Waals surface area contributed by atoms with E-state index in [0.29, 0.717) is 30.6 Å². The number of benzene rings is 1. The fraction of sp³-hybridized carbons (Fsp3) is 0.421. The summed E-state index contributed by atoms with van der Waals surface area (Å²) >= 11 is 0. The first kappa shape index (κ1) is 18.0. The van der Waals surface area contributed by atoms with Crippen LogP contribution in [0.15, 0.2) is 36.7 Å². The Bertz CT molecular complexity index is 753. The standard InChI is InChI=1S/C19H23N3O4/c1-14-5-3-6-15(11-14)25-13-17(23)22-10-4-7-16(12-22)26-19-18(24-2)20-8-9-21-19/h3,5-6,8-9,11,16H,4,7,10,12-13H2,1-2H3. The van der Waals surface area contributed by atoms with Crippen LogP contribution in [0, 0.1) is 6.92 Å². The second kappa shape index (κ2) is 8.51. The molecule has 1 aliphatic rings. The number of hydrogen-bond acceptors (Lipinski definition) is 6. The van der Waals surface area contributed by atoms with Gasteiger partial charge in [0.25, 0.3) is 17.7 Å². The molecule has 0 bridgehead atoms. The molecule has 0 saturated carbocycles. The first-order chi connectivity index (χ1) is 12.7. The summed E-state index contributed by atoms with van der Waals surface area (Å²) in [5.41, 5.74) is 1.10. The van der Waals surface area contributed by atoms with Crippen LogP contribution in [0.2, 0.25) is 0 Å². The molecule has 1 unspecified atom stereocenters. The van der Waals surface area contributed by atoms with E-state index in [4.69, 9.17) is 14.2 Å². The van der Waals surface area contributed by atoms with Crippen molar-refractivity contribution >= 4 is 5.91 Å². The van der Waals surface area contributed by atoms with Crippen molar-refractivity contribution in [3.8, 4) is 17.5 Å². The smallest absolute Gasteiger partial charge is 0.278 e. The molecule has 1 fully saturated rings. The number of methoxy groups -OCH3 is 1. The van der Waals surface area contributed by atoms with Gasteiger partial charge in [-0.2, -0.15) is 0 Å². The number of hydrogen-bond donors (Lipinski definition) is 0. The second-order valence-corrected chi connectivity index (χ2v) is 6.20. The van der Waals surface area contributed by atoms with Crippen LogP contribution < -0.4 is 14.2 Å². The fourth-order valence-corrected chi connectivity index (χ4v) is 2.89. The van der Waals surface area contributed by atoms with Gasteiger partial charge in [-0.05, 0) is 37.5 Å². The number of aryl methyl sites for hydroxylation is 1. The van der Waals surface area contributed by atoms with E-state index in [2.05, 4.69) is 9.97 Å². The molecule has 1 aromatic carbocycles. The Morgan fingerprint density at radius 2 is 2.08 bits per heavy atom. The molecule has 1 aliphatic heterocycles. The summed E-state index contributed by atoms with van der Waals surface area (Å²) in [6.45, 7) is 3.20. The lowest BCUT2D eigenvalue weighted by molar-refractivity contribution is -0.136. The van der Waals surface area contributed by atoms with Crippen molar-refractivity contribution in [1.82, 2.24) is 14.9 Å². The summed E-state index contributed by atoms with van der Waals surface area (Å²) < 4.78 is 16.7. The summed E-state index contributed by atoms with van der Waals surface area (Å²) in [5.74, 6) is 1.35. The van der Waals surface area contributed by atoms with Gasteiger partial charge < -0.3 is 19.1 Å².